The minimum Gasteiger partial charge on any atom is -0.366 e. The van der Waals surface area contributed by atoms with Crippen LogP contribution in [0.4, 0.5) is 0 Å². The van der Waals surface area contributed by atoms with Crippen molar-refractivity contribution in [1.82, 2.24) is 9.55 Å². The van der Waals surface area contributed by atoms with E-state index >= 15 is 0 Å². The largest absolute Gasteiger partial charge is 0.366 e. The summed E-state index contributed by atoms with van der Waals surface area (Å²) in [4.78, 5) is 25.9. The summed E-state index contributed by atoms with van der Waals surface area (Å²) in [6.07, 6.45) is 0. The first-order valence-electron chi connectivity index (χ1n) is 6.88. The van der Waals surface area contributed by atoms with E-state index in [4.69, 9.17) is 10.5 Å². The summed E-state index contributed by atoms with van der Waals surface area (Å²) in [6.45, 7) is 7.62. The summed E-state index contributed by atoms with van der Waals surface area (Å²) >= 11 is 0. The van der Waals surface area contributed by atoms with E-state index in [2.05, 4.69) is 24.6 Å². The lowest BCUT2D eigenvalue weighted by molar-refractivity contribution is 0.0877. The number of nitrogens with one attached hydrogen (secondary N) is 1. The van der Waals surface area contributed by atoms with Gasteiger partial charge in [-0.2, -0.15) is 0 Å². The summed E-state index contributed by atoms with van der Waals surface area (Å²) in [7, 11) is -1.15. The van der Waals surface area contributed by atoms with Crippen molar-refractivity contribution in [3.05, 3.63) is 34.2 Å². The molecular weight excluding hydrogens is 286 g/mol. The first-order chi connectivity index (χ1) is 9.78. The Balaban J connectivity index is 2.18. The van der Waals surface area contributed by atoms with Crippen LogP contribution in [0, 0.1) is 0 Å². The normalized spacial score (nSPS) is 12.0. The van der Waals surface area contributed by atoms with Gasteiger partial charge in [-0.3, -0.25) is 9.36 Å². The van der Waals surface area contributed by atoms with Gasteiger partial charge in [-0.25, -0.2) is 4.79 Å². The molecule has 0 saturated heterocycles. The Labute approximate surface area is 123 Å². The van der Waals surface area contributed by atoms with Crippen LogP contribution in [0.2, 0.25) is 25.7 Å². The predicted molar refractivity (Wildman–Crippen MR) is 85.2 cm³/mol. The third kappa shape index (κ3) is 3.83. The second-order valence-electron chi connectivity index (χ2n) is 6.30. The van der Waals surface area contributed by atoms with Gasteiger partial charge in [0.25, 0.3) is 0 Å². The summed E-state index contributed by atoms with van der Waals surface area (Å²) in [5, 5.41) is 0. The number of ether oxygens (including phenoxy) is 1. The number of carbonyl (C=O) groups is 1. The van der Waals surface area contributed by atoms with Crippen molar-refractivity contribution in [3.8, 4) is 0 Å². The van der Waals surface area contributed by atoms with Crippen molar-refractivity contribution in [1.29, 1.82) is 0 Å². The second-order valence-corrected chi connectivity index (χ2v) is 11.9. The molecule has 21 heavy (non-hydrogen) atoms. The zero-order valence-electron chi connectivity index (χ0n) is 12.6. The van der Waals surface area contributed by atoms with E-state index in [1.165, 1.54) is 4.57 Å². The molecule has 1 aromatic carbocycles. The molecule has 6 nitrogen and oxygen atoms in total. The van der Waals surface area contributed by atoms with E-state index in [0.29, 0.717) is 23.2 Å². The molecule has 0 saturated carbocycles. The van der Waals surface area contributed by atoms with Gasteiger partial charge < -0.3 is 15.5 Å². The minimum absolute atomic E-state index is 0.172. The first-order valence-corrected chi connectivity index (χ1v) is 10.6. The lowest BCUT2D eigenvalue weighted by Crippen LogP contribution is -2.23. The maximum atomic E-state index is 11.9. The number of hydrogen-bond donors (Lipinski definition) is 2. The number of primary amides is 1. The van der Waals surface area contributed by atoms with Gasteiger partial charge in [-0.15, -0.1) is 0 Å². The smallest absolute Gasteiger partial charge is 0.328 e. The Bertz CT molecular complexity index is 712. The summed E-state index contributed by atoms with van der Waals surface area (Å²) in [5.41, 5.74) is 6.68. The van der Waals surface area contributed by atoms with Crippen LogP contribution >= 0.6 is 0 Å². The molecule has 0 aliphatic rings. The highest BCUT2D eigenvalue weighted by molar-refractivity contribution is 6.76. The fourth-order valence-corrected chi connectivity index (χ4v) is 2.73. The Hall–Kier alpha value is -1.86. The summed E-state index contributed by atoms with van der Waals surface area (Å²) in [6, 6.07) is 5.92. The van der Waals surface area contributed by atoms with E-state index in [0.717, 1.165) is 6.04 Å². The molecule has 0 fully saturated rings. The standard InChI is InChI=1S/C14H21N3O3Si/c1-21(2,3)7-6-20-9-17-12-8-10(13(15)18)4-5-11(12)16-14(17)19/h4-5,8H,6-7,9H2,1-3H3,(H2,15,18)(H,16,19). The van der Waals surface area contributed by atoms with Gasteiger partial charge in [0.05, 0.1) is 11.0 Å². The second kappa shape index (κ2) is 5.86. The van der Waals surface area contributed by atoms with Gasteiger partial charge in [0.15, 0.2) is 0 Å². The van der Waals surface area contributed by atoms with E-state index in [1.54, 1.807) is 18.2 Å². The highest BCUT2D eigenvalue weighted by Crippen LogP contribution is 2.13. The predicted octanol–water partition coefficient (Wildman–Crippen LogP) is 1.74. The summed E-state index contributed by atoms with van der Waals surface area (Å²) < 4.78 is 7.08. The van der Waals surface area contributed by atoms with Crippen molar-refractivity contribution in [2.45, 2.75) is 32.4 Å². The molecule has 0 aliphatic heterocycles. The number of amides is 1. The van der Waals surface area contributed by atoms with Gasteiger partial charge in [0, 0.05) is 20.2 Å². The third-order valence-corrected chi connectivity index (χ3v) is 4.98. The van der Waals surface area contributed by atoms with Crippen molar-refractivity contribution in [3.63, 3.8) is 0 Å². The maximum absolute atomic E-state index is 11.9. The van der Waals surface area contributed by atoms with Crippen LogP contribution in [0.1, 0.15) is 10.4 Å². The average molecular weight is 307 g/mol. The van der Waals surface area contributed by atoms with Crippen molar-refractivity contribution < 1.29 is 9.53 Å². The minimum atomic E-state index is -1.15. The van der Waals surface area contributed by atoms with E-state index in [9.17, 15) is 9.59 Å². The molecule has 1 aromatic heterocycles. The number of nitrogens with zero attached hydrogens (tertiary/aromatic N) is 1. The molecule has 1 amide bonds. The fourth-order valence-electron chi connectivity index (χ4n) is 1.97. The van der Waals surface area contributed by atoms with E-state index in [1.807, 2.05) is 0 Å². The number of carbonyl (C=O) groups excluding carboxylic acids is 1. The number of aromatic amines is 1. The molecule has 0 radical (unpaired) electrons. The molecule has 0 aliphatic carbocycles. The van der Waals surface area contributed by atoms with Crippen LogP contribution in [-0.4, -0.2) is 30.1 Å². The van der Waals surface area contributed by atoms with Gasteiger partial charge in [-0.1, -0.05) is 19.6 Å². The zero-order valence-corrected chi connectivity index (χ0v) is 13.6. The number of nitrogens with two attached hydrogens (primary N) is 1. The van der Waals surface area contributed by atoms with Crippen LogP contribution < -0.4 is 11.4 Å². The number of hydrogen-bond acceptors (Lipinski definition) is 3. The van der Waals surface area contributed by atoms with E-state index < -0.39 is 14.0 Å². The average Bonchev–Trinajstić information content (AvgIpc) is 2.68. The molecular formula is C14H21N3O3Si. The Morgan fingerprint density at radius 2 is 2.10 bits per heavy atom. The Morgan fingerprint density at radius 1 is 1.38 bits per heavy atom. The van der Waals surface area contributed by atoms with Crippen LogP contribution in [-0.2, 0) is 11.5 Å². The van der Waals surface area contributed by atoms with Gasteiger partial charge in [0.2, 0.25) is 5.91 Å². The number of benzene rings is 1. The van der Waals surface area contributed by atoms with Crippen LogP contribution in [0.15, 0.2) is 23.0 Å². The molecule has 0 spiro atoms. The highest BCUT2D eigenvalue weighted by Gasteiger charge is 2.13. The van der Waals surface area contributed by atoms with Gasteiger partial charge in [0.1, 0.15) is 6.73 Å². The van der Waals surface area contributed by atoms with Crippen molar-refractivity contribution in [2.75, 3.05) is 6.61 Å². The molecule has 114 valence electrons. The highest BCUT2D eigenvalue weighted by atomic mass is 28.3. The quantitative estimate of drug-likeness (QED) is 0.629. The van der Waals surface area contributed by atoms with Crippen LogP contribution in [0.3, 0.4) is 0 Å². The molecule has 2 rings (SSSR count). The van der Waals surface area contributed by atoms with Crippen LogP contribution in [0.5, 0.6) is 0 Å². The Kier molecular flexibility index (Phi) is 4.34. The van der Waals surface area contributed by atoms with Gasteiger partial charge >= 0.3 is 5.69 Å². The fraction of sp³-hybridized carbons (Fsp3) is 0.429. The first kappa shape index (κ1) is 15.5. The number of rotatable bonds is 6. The lowest BCUT2D eigenvalue weighted by atomic mass is 10.2. The number of imidazole rings is 1. The summed E-state index contributed by atoms with van der Waals surface area (Å²) in [5.74, 6) is -0.517. The number of fused-ring (bicyclic) bond motifs is 1. The molecule has 2 aromatic rings. The molecule has 7 heteroatoms. The van der Waals surface area contributed by atoms with Crippen molar-refractivity contribution in [2.24, 2.45) is 5.73 Å². The Morgan fingerprint density at radius 3 is 2.71 bits per heavy atom. The van der Waals surface area contributed by atoms with E-state index in [-0.39, 0.29) is 12.4 Å². The molecule has 1 heterocycles. The van der Waals surface area contributed by atoms with Crippen LogP contribution in [0.25, 0.3) is 11.0 Å². The SMILES string of the molecule is C[Si](C)(C)CCOCn1c(=O)[nH]c2ccc(C(N)=O)cc21. The topological polar surface area (TPSA) is 90.1 Å². The third-order valence-electron chi connectivity index (χ3n) is 3.28. The van der Waals surface area contributed by atoms with Crippen molar-refractivity contribution >= 4 is 25.0 Å². The lowest BCUT2D eigenvalue weighted by Gasteiger charge is -2.15. The molecule has 0 bridgehead atoms. The monoisotopic (exact) mass is 307 g/mol. The number of aromatic nitrogens is 2. The zero-order chi connectivity index (χ0) is 15.6. The maximum Gasteiger partial charge on any atom is 0.328 e. The van der Waals surface area contributed by atoms with Gasteiger partial charge in [-0.05, 0) is 24.2 Å². The molecule has 3 N–H and O–H groups in total. The molecule has 0 unspecified atom stereocenters. The molecule has 0 atom stereocenters. The number of H-pyrrole nitrogens is 1.